The summed E-state index contributed by atoms with van der Waals surface area (Å²) in [5.74, 6) is 0. The second kappa shape index (κ2) is 6.09. The zero-order chi connectivity index (χ0) is 16.9. The van der Waals surface area contributed by atoms with Crippen molar-refractivity contribution < 1.29 is 55.4 Å². The van der Waals surface area contributed by atoms with Gasteiger partial charge in [-0.25, -0.2) is 25.3 Å². The van der Waals surface area contributed by atoms with Crippen LogP contribution in [0.5, 0.6) is 0 Å². The zero-order valence-corrected chi connectivity index (χ0v) is 14.0. The van der Waals surface area contributed by atoms with Crippen molar-refractivity contribution in [1.82, 2.24) is 0 Å². The molecule has 0 heterocycles. The van der Waals surface area contributed by atoms with E-state index in [2.05, 4.69) is 0 Å². The summed E-state index contributed by atoms with van der Waals surface area (Å²) in [7, 11) is -16.8. The third-order valence-electron chi connectivity index (χ3n) is 2.69. The predicted molar refractivity (Wildman–Crippen MR) is 67.8 cm³/mol. The van der Waals surface area contributed by atoms with Gasteiger partial charge in [-0.3, -0.25) is 0 Å². The van der Waals surface area contributed by atoms with Crippen molar-refractivity contribution in [1.29, 1.82) is 0 Å². The first-order valence-corrected chi connectivity index (χ1v) is 9.49. The van der Waals surface area contributed by atoms with Crippen LogP contribution in [0.4, 0.5) is 0 Å². The van der Waals surface area contributed by atoms with Gasteiger partial charge >= 0.3 is 16.5 Å². The van der Waals surface area contributed by atoms with Crippen LogP contribution < -0.4 is 0 Å². The van der Waals surface area contributed by atoms with Gasteiger partial charge in [0.25, 0.3) is 0 Å². The van der Waals surface area contributed by atoms with E-state index in [0.717, 1.165) is 12.1 Å². The fourth-order valence-electron chi connectivity index (χ4n) is 1.94. The Morgan fingerprint density at radius 1 is 0.696 bits per heavy atom. The van der Waals surface area contributed by atoms with Crippen molar-refractivity contribution in [3.63, 3.8) is 0 Å². The van der Waals surface area contributed by atoms with Gasteiger partial charge in [0.05, 0.1) is 14.7 Å². The third-order valence-corrected chi connectivity index (χ3v) is 5.66. The minimum Gasteiger partial charge on any atom is -0.744 e. The standard InChI is InChI=1S/C10H8O9S3.Ni/c11-20(12,13)8-5-6-3-1-2-4-7(6)9(21(14,15)16)10(8)22(17,18)19;/h1-5H,(H,11,12,13)(H,14,15,16)(H,17,18,19);/q;+3/p-3. The molecule has 0 spiro atoms. The molecule has 0 N–H and O–H groups in total. The molecule has 0 aliphatic rings. The van der Waals surface area contributed by atoms with Gasteiger partial charge < -0.3 is 13.7 Å². The molecule has 0 saturated heterocycles. The molecule has 0 aliphatic carbocycles. The van der Waals surface area contributed by atoms with Crippen molar-refractivity contribution in [3.8, 4) is 0 Å². The van der Waals surface area contributed by atoms with E-state index in [-0.39, 0.29) is 21.9 Å². The van der Waals surface area contributed by atoms with Gasteiger partial charge in [-0.1, -0.05) is 24.3 Å². The number of hydrogen-bond acceptors (Lipinski definition) is 9. The van der Waals surface area contributed by atoms with Gasteiger partial charge in [0.1, 0.15) is 30.4 Å². The van der Waals surface area contributed by atoms with E-state index in [4.69, 9.17) is 0 Å². The van der Waals surface area contributed by atoms with E-state index in [1.54, 1.807) is 0 Å². The summed E-state index contributed by atoms with van der Waals surface area (Å²) in [6, 6.07) is 5.27. The van der Waals surface area contributed by atoms with Crippen LogP contribution in [0.3, 0.4) is 0 Å². The molecule has 0 bridgehead atoms. The van der Waals surface area contributed by atoms with Crippen LogP contribution in [0.2, 0.25) is 0 Å². The molecule has 0 atom stereocenters. The first-order chi connectivity index (χ1) is 9.83. The Balaban J connectivity index is 0.00000264. The molecule has 0 unspecified atom stereocenters. The maximum atomic E-state index is 11.3. The molecule has 0 fully saturated rings. The second-order valence-electron chi connectivity index (χ2n) is 4.12. The third kappa shape index (κ3) is 3.88. The van der Waals surface area contributed by atoms with Crippen LogP contribution in [0, 0.1) is 0 Å². The summed E-state index contributed by atoms with van der Waals surface area (Å²) in [5.41, 5.74) is 0. The van der Waals surface area contributed by atoms with Crippen molar-refractivity contribution in [2.45, 2.75) is 14.7 Å². The van der Waals surface area contributed by atoms with Gasteiger partial charge in [-0.05, 0) is 11.5 Å². The van der Waals surface area contributed by atoms with E-state index in [0.29, 0.717) is 6.07 Å². The zero-order valence-electron chi connectivity index (χ0n) is 10.6. The molecule has 2 rings (SSSR count). The molecule has 127 valence electrons. The smallest absolute Gasteiger partial charge is 0.744 e. The maximum Gasteiger partial charge on any atom is 3.00 e. The minimum absolute atomic E-state index is 0. The molecule has 2 aromatic carbocycles. The van der Waals surface area contributed by atoms with Crippen LogP contribution in [0.15, 0.2) is 45.0 Å². The van der Waals surface area contributed by atoms with Gasteiger partial charge in [-0.2, -0.15) is 0 Å². The summed E-state index contributed by atoms with van der Waals surface area (Å²) in [5, 5.41) is -0.668. The van der Waals surface area contributed by atoms with Gasteiger partial charge in [0.2, 0.25) is 0 Å². The van der Waals surface area contributed by atoms with Crippen molar-refractivity contribution in [3.05, 3.63) is 30.3 Å². The molecular weight excluding hydrogens is 419 g/mol. The Morgan fingerprint density at radius 2 is 1.17 bits per heavy atom. The van der Waals surface area contributed by atoms with E-state index in [9.17, 15) is 38.9 Å². The summed E-state index contributed by atoms with van der Waals surface area (Å²) in [6.07, 6.45) is 0. The molecule has 1 radical (unpaired) electrons. The summed E-state index contributed by atoms with van der Waals surface area (Å²) in [4.78, 5) is -4.97. The second-order valence-corrected chi connectivity index (χ2v) is 8.10. The molecule has 0 amide bonds. The fourth-order valence-corrected chi connectivity index (χ4v) is 5.27. The Hall–Kier alpha value is -1.08. The van der Waals surface area contributed by atoms with Crippen LogP contribution in [-0.2, 0) is 46.8 Å². The molecule has 0 aliphatic heterocycles. The maximum absolute atomic E-state index is 11.3. The van der Waals surface area contributed by atoms with Crippen molar-refractivity contribution >= 4 is 41.1 Å². The average Bonchev–Trinajstić information content (AvgIpc) is 2.33. The minimum atomic E-state index is -5.73. The fraction of sp³-hybridized carbons (Fsp3) is 0. The van der Waals surface area contributed by atoms with Gasteiger partial charge in [0, 0.05) is 5.39 Å². The average molecular weight is 424 g/mol. The monoisotopic (exact) mass is 423 g/mol. The summed E-state index contributed by atoms with van der Waals surface area (Å²) >= 11 is 0. The van der Waals surface area contributed by atoms with E-state index >= 15 is 0 Å². The summed E-state index contributed by atoms with van der Waals surface area (Å²) < 4.78 is 101. The van der Waals surface area contributed by atoms with Crippen LogP contribution in [0.25, 0.3) is 10.8 Å². The molecule has 2 aromatic rings. The van der Waals surface area contributed by atoms with Crippen LogP contribution >= 0.6 is 0 Å². The summed E-state index contributed by atoms with van der Waals surface area (Å²) in [6.45, 7) is 0. The largest absolute Gasteiger partial charge is 3.00 e. The number of fused-ring (bicyclic) bond motifs is 1. The molecule has 0 aromatic heterocycles. The molecule has 0 saturated carbocycles. The Morgan fingerprint density at radius 3 is 1.61 bits per heavy atom. The molecule has 13 heteroatoms. The van der Waals surface area contributed by atoms with Gasteiger partial charge in [-0.15, -0.1) is 0 Å². The number of benzene rings is 2. The van der Waals surface area contributed by atoms with Crippen LogP contribution in [-0.4, -0.2) is 38.9 Å². The molecular formula is C10H5NiO9S3. The Bertz CT molecular complexity index is 1090. The topological polar surface area (TPSA) is 172 Å². The number of rotatable bonds is 3. The Labute approximate surface area is 141 Å². The normalized spacial score (nSPS) is 12.8. The van der Waals surface area contributed by atoms with E-state index in [1.807, 2.05) is 0 Å². The Kier molecular flexibility index (Phi) is 5.29. The number of hydrogen-bond donors (Lipinski definition) is 0. The van der Waals surface area contributed by atoms with E-state index in [1.165, 1.54) is 12.1 Å². The van der Waals surface area contributed by atoms with Crippen molar-refractivity contribution in [2.75, 3.05) is 0 Å². The quantitative estimate of drug-likeness (QED) is 0.467. The predicted octanol–water partition coefficient (Wildman–Crippen LogP) is -0.450. The molecule has 9 nitrogen and oxygen atoms in total. The van der Waals surface area contributed by atoms with Crippen molar-refractivity contribution in [2.24, 2.45) is 0 Å². The van der Waals surface area contributed by atoms with Gasteiger partial charge in [0.15, 0.2) is 0 Å². The molecule has 23 heavy (non-hydrogen) atoms. The first-order valence-electron chi connectivity index (χ1n) is 5.27. The SMILES string of the molecule is O=S(=O)([O-])c1cc2ccccc2c(S(=O)(=O)[O-])c1S(=O)(=O)[O-].[Ni+3]. The van der Waals surface area contributed by atoms with Crippen LogP contribution in [0.1, 0.15) is 0 Å². The van der Waals surface area contributed by atoms with E-state index < -0.39 is 50.4 Å². The first kappa shape index (κ1) is 20.0.